The van der Waals surface area contributed by atoms with Gasteiger partial charge in [0.1, 0.15) is 6.61 Å². The fourth-order valence-corrected chi connectivity index (χ4v) is 2.19. The SMILES string of the molecule is O=C(CC1CCNC1)OCc1cccc(Cl)c1. The normalized spacial score (nSPS) is 19.2. The first-order chi connectivity index (χ1) is 8.24. The standard InChI is InChI=1S/C13H16ClNO2/c14-12-3-1-2-11(6-12)9-17-13(16)7-10-4-5-15-8-10/h1-3,6,10,15H,4-5,7-9H2. The van der Waals surface area contributed by atoms with Gasteiger partial charge in [-0.05, 0) is 43.1 Å². The van der Waals surface area contributed by atoms with Gasteiger partial charge in [0.15, 0.2) is 0 Å². The molecule has 1 aromatic rings. The number of hydrogen-bond acceptors (Lipinski definition) is 3. The second-order valence-electron chi connectivity index (χ2n) is 4.35. The highest BCUT2D eigenvalue weighted by molar-refractivity contribution is 6.30. The van der Waals surface area contributed by atoms with Crippen molar-refractivity contribution in [2.45, 2.75) is 19.4 Å². The van der Waals surface area contributed by atoms with Crippen LogP contribution in [0, 0.1) is 5.92 Å². The number of rotatable bonds is 4. The van der Waals surface area contributed by atoms with Gasteiger partial charge in [0.25, 0.3) is 0 Å². The smallest absolute Gasteiger partial charge is 0.306 e. The zero-order chi connectivity index (χ0) is 12.1. The zero-order valence-corrected chi connectivity index (χ0v) is 10.4. The Morgan fingerprint density at radius 1 is 1.53 bits per heavy atom. The Bertz CT molecular complexity index is 389. The van der Waals surface area contributed by atoms with Crippen LogP contribution in [0.1, 0.15) is 18.4 Å². The minimum absolute atomic E-state index is 0.126. The number of hydrogen-bond donors (Lipinski definition) is 1. The van der Waals surface area contributed by atoms with E-state index in [1.807, 2.05) is 18.2 Å². The topological polar surface area (TPSA) is 38.3 Å². The maximum absolute atomic E-state index is 11.6. The Balaban J connectivity index is 1.75. The van der Waals surface area contributed by atoms with Gasteiger partial charge < -0.3 is 10.1 Å². The minimum atomic E-state index is -0.126. The third-order valence-electron chi connectivity index (χ3n) is 2.91. The summed E-state index contributed by atoms with van der Waals surface area (Å²) in [7, 11) is 0. The highest BCUT2D eigenvalue weighted by Gasteiger charge is 2.18. The second kappa shape index (κ2) is 6.03. The van der Waals surface area contributed by atoms with E-state index in [0.717, 1.165) is 25.1 Å². The summed E-state index contributed by atoms with van der Waals surface area (Å²) in [6, 6.07) is 7.37. The van der Waals surface area contributed by atoms with Gasteiger partial charge in [-0.15, -0.1) is 0 Å². The Kier molecular flexibility index (Phi) is 4.40. The molecule has 0 bridgehead atoms. The quantitative estimate of drug-likeness (QED) is 0.838. The van der Waals surface area contributed by atoms with Crippen molar-refractivity contribution in [3.8, 4) is 0 Å². The molecule has 1 atom stereocenters. The summed E-state index contributed by atoms with van der Waals surface area (Å²) in [5.41, 5.74) is 0.926. The first-order valence-corrected chi connectivity index (χ1v) is 6.22. The number of benzene rings is 1. The van der Waals surface area contributed by atoms with Crippen molar-refractivity contribution in [1.29, 1.82) is 0 Å². The molecule has 1 fully saturated rings. The largest absolute Gasteiger partial charge is 0.461 e. The predicted octanol–water partition coefficient (Wildman–Crippen LogP) is 2.38. The molecule has 0 radical (unpaired) electrons. The molecule has 92 valence electrons. The van der Waals surface area contributed by atoms with Gasteiger partial charge in [-0.3, -0.25) is 4.79 Å². The van der Waals surface area contributed by atoms with Crippen LogP contribution >= 0.6 is 11.6 Å². The Hall–Kier alpha value is -1.06. The average Bonchev–Trinajstić information content (AvgIpc) is 2.79. The molecular weight excluding hydrogens is 238 g/mol. The summed E-state index contributed by atoms with van der Waals surface area (Å²) in [5.74, 6) is 0.306. The second-order valence-corrected chi connectivity index (χ2v) is 4.79. The number of halogens is 1. The van der Waals surface area contributed by atoms with Crippen LogP contribution in [-0.2, 0) is 16.1 Å². The van der Waals surface area contributed by atoms with Gasteiger partial charge >= 0.3 is 5.97 Å². The van der Waals surface area contributed by atoms with Gasteiger partial charge in [-0.2, -0.15) is 0 Å². The molecule has 0 saturated carbocycles. The van der Waals surface area contributed by atoms with Crippen molar-refractivity contribution in [1.82, 2.24) is 5.32 Å². The number of nitrogens with one attached hydrogen (secondary N) is 1. The van der Waals surface area contributed by atoms with E-state index in [2.05, 4.69) is 5.32 Å². The lowest BCUT2D eigenvalue weighted by atomic mass is 10.1. The van der Waals surface area contributed by atoms with Crippen molar-refractivity contribution >= 4 is 17.6 Å². The molecular formula is C13H16ClNO2. The molecule has 1 unspecified atom stereocenters. The molecule has 17 heavy (non-hydrogen) atoms. The summed E-state index contributed by atoms with van der Waals surface area (Å²) < 4.78 is 5.22. The fourth-order valence-electron chi connectivity index (χ4n) is 1.97. The molecule has 1 heterocycles. The number of carbonyl (C=O) groups excluding carboxylic acids is 1. The zero-order valence-electron chi connectivity index (χ0n) is 9.62. The van der Waals surface area contributed by atoms with Crippen LogP contribution in [0.4, 0.5) is 0 Å². The van der Waals surface area contributed by atoms with Gasteiger partial charge in [0, 0.05) is 11.4 Å². The van der Waals surface area contributed by atoms with Crippen LogP contribution in [0.25, 0.3) is 0 Å². The summed E-state index contributed by atoms with van der Waals surface area (Å²) in [5, 5.41) is 3.90. The van der Waals surface area contributed by atoms with E-state index in [9.17, 15) is 4.79 Å². The highest BCUT2D eigenvalue weighted by Crippen LogP contribution is 2.15. The maximum atomic E-state index is 11.6. The molecule has 4 heteroatoms. The summed E-state index contributed by atoms with van der Waals surface area (Å²) in [6.07, 6.45) is 1.57. The summed E-state index contributed by atoms with van der Waals surface area (Å²) in [4.78, 5) is 11.6. The van der Waals surface area contributed by atoms with E-state index in [0.29, 0.717) is 24.0 Å². The van der Waals surface area contributed by atoms with Crippen LogP contribution in [0.3, 0.4) is 0 Å². The summed E-state index contributed by atoms with van der Waals surface area (Å²) >= 11 is 5.85. The molecule has 1 aromatic carbocycles. The maximum Gasteiger partial charge on any atom is 0.306 e. The lowest BCUT2D eigenvalue weighted by Gasteiger charge is -2.08. The van der Waals surface area contributed by atoms with Crippen molar-refractivity contribution in [2.24, 2.45) is 5.92 Å². The van der Waals surface area contributed by atoms with Gasteiger partial charge in [-0.25, -0.2) is 0 Å². The lowest BCUT2D eigenvalue weighted by molar-refractivity contribution is -0.145. The van der Waals surface area contributed by atoms with Crippen LogP contribution in [-0.4, -0.2) is 19.1 Å². The third-order valence-corrected chi connectivity index (χ3v) is 3.14. The Labute approximate surface area is 106 Å². The van der Waals surface area contributed by atoms with Crippen LogP contribution in [0.2, 0.25) is 5.02 Å². The number of ether oxygens (including phenoxy) is 1. The first-order valence-electron chi connectivity index (χ1n) is 5.85. The van der Waals surface area contributed by atoms with Crippen molar-refractivity contribution in [2.75, 3.05) is 13.1 Å². The number of esters is 1. The van der Waals surface area contributed by atoms with Crippen LogP contribution in [0.5, 0.6) is 0 Å². The summed E-state index contributed by atoms with van der Waals surface area (Å²) in [6.45, 7) is 2.23. The lowest BCUT2D eigenvalue weighted by Crippen LogP contribution is -2.14. The van der Waals surface area contributed by atoms with E-state index >= 15 is 0 Å². The van der Waals surface area contributed by atoms with E-state index in [1.54, 1.807) is 6.07 Å². The van der Waals surface area contributed by atoms with Gasteiger partial charge in [0.05, 0.1) is 0 Å². The van der Waals surface area contributed by atoms with Crippen LogP contribution < -0.4 is 5.32 Å². The molecule has 1 N–H and O–H groups in total. The first kappa shape index (κ1) is 12.4. The molecule has 0 amide bonds. The molecule has 1 saturated heterocycles. The number of carbonyl (C=O) groups is 1. The molecule has 1 aliphatic heterocycles. The minimum Gasteiger partial charge on any atom is -0.461 e. The third kappa shape index (κ3) is 4.02. The van der Waals surface area contributed by atoms with Crippen molar-refractivity contribution in [3.05, 3.63) is 34.9 Å². The van der Waals surface area contributed by atoms with Crippen molar-refractivity contribution < 1.29 is 9.53 Å². The average molecular weight is 254 g/mol. The molecule has 1 aliphatic rings. The molecule has 0 spiro atoms. The molecule has 0 aromatic heterocycles. The molecule has 0 aliphatic carbocycles. The molecule has 3 nitrogen and oxygen atoms in total. The Morgan fingerprint density at radius 2 is 2.41 bits per heavy atom. The molecule has 2 rings (SSSR count). The van der Waals surface area contributed by atoms with Gasteiger partial charge in [0.2, 0.25) is 0 Å². The van der Waals surface area contributed by atoms with E-state index < -0.39 is 0 Å². The van der Waals surface area contributed by atoms with Crippen molar-refractivity contribution in [3.63, 3.8) is 0 Å². The monoisotopic (exact) mass is 253 g/mol. The fraction of sp³-hybridized carbons (Fsp3) is 0.462. The highest BCUT2D eigenvalue weighted by atomic mass is 35.5. The van der Waals surface area contributed by atoms with E-state index in [1.165, 1.54) is 0 Å². The Morgan fingerprint density at radius 3 is 3.12 bits per heavy atom. The van der Waals surface area contributed by atoms with Crippen LogP contribution in [0.15, 0.2) is 24.3 Å². The predicted molar refractivity (Wildman–Crippen MR) is 66.8 cm³/mol. The van der Waals surface area contributed by atoms with Gasteiger partial charge in [-0.1, -0.05) is 23.7 Å². The van der Waals surface area contributed by atoms with E-state index in [-0.39, 0.29) is 5.97 Å². The van der Waals surface area contributed by atoms with E-state index in [4.69, 9.17) is 16.3 Å².